The largest absolute Gasteiger partial charge is 0.395 e. The van der Waals surface area contributed by atoms with Crippen LogP contribution in [0.1, 0.15) is 13.8 Å². The Labute approximate surface area is 60.7 Å². The maximum absolute atomic E-state index is 9.44. The number of aliphatic hydroxyl groups is 2. The SMILES string of the molecule is CC(C)=O.NC(CO)CO. The zero-order chi connectivity index (χ0) is 8.57. The Morgan fingerprint density at radius 2 is 1.60 bits per heavy atom. The molecule has 0 aliphatic rings. The van der Waals surface area contributed by atoms with Gasteiger partial charge in [-0.2, -0.15) is 0 Å². The van der Waals surface area contributed by atoms with Crippen molar-refractivity contribution in [3.05, 3.63) is 0 Å². The molecule has 0 aromatic rings. The molecule has 0 aromatic carbocycles. The zero-order valence-electron chi connectivity index (χ0n) is 6.37. The quantitative estimate of drug-likeness (QED) is 0.465. The highest BCUT2D eigenvalue weighted by molar-refractivity contribution is 5.72. The highest BCUT2D eigenvalue weighted by Gasteiger charge is 1.91. The van der Waals surface area contributed by atoms with Crippen LogP contribution in [-0.4, -0.2) is 35.3 Å². The van der Waals surface area contributed by atoms with Gasteiger partial charge in [0, 0.05) is 0 Å². The van der Waals surface area contributed by atoms with Crippen LogP contribution >= 0.6 is 0 Å². The minimum atomic E-state index is -0.454. The molecule has 0 saturated carbocycles. The second-order valence-corrected chi connectivity index (χ2v) is 2.03. The average Bonchev–Trinajstić information content (AvgIpc) is 1.85. The van der Waals surface area contributed by atoms with Gasteiger partial charge in [0.2, 0.25) is 0 Å². The molecule has 0 heterocycles. The molecule has 62 valence electrons. The van der Waals surface area contributed by atoms with E-state index in [9.17, 15) is 4.79 Å². The molecular weight excluding hydrogens is 134 g/mol. The van der Waals surface area contributed by atoms with E-state index in [4.69, 9.17) is 15.9 Å². The molecule has 0 spiro atoms. The Kier molecular flexibility index (Phi) is 10.5. The predicted molar refractivity (Wildman–Crippen MR) is 38.5 cm³/mol. The number of hydrogen-bond acceptors (Lipinski definition) is 4. The standard InChI is InChI=1S/C3H9NO2.C3H6O/c4-3(1-5)2-6;1-3(2)4/h3,5-6H,1-2,4H2;1-2H3. The summed E-state index contributed by atoms with van der Waals surface area (Å²) in [5.74, 6) is 0.167. The maximum atomic E-state index is 9.44. The highest BCUT2D eigenvalue weighted by atomic mass is 16.3. The van der Waals surface area contributed by atoms with Crippen LogP contribution in [0, 0.1) is 0 Å². The van der Waals surface area contributed by atoms with Gasteiger partial charge in [0.05, 0.1) is 19.3 Å². The first kappa shape index (κ1) is 12.2. The monoisotopic (exact) mass is 149 g/mol. The Balaban J connectivity index is 0. The van der Waals surface area contributed by atoms with Gasteiger partial charge < -0.3 is 20.7 Å². The molecule has 0 radical (unpaired) electrons. The van der Waals surface area contributed by atoms with E-state index in [1.165, 1.54) is 13.8 Å². The minimum Gasteiger partial charge on any atom is -0.395 e. The first-order valence-corrected chi connectivity index (χ1v) is 2.99. The van der Waals surface area contributed by atoms with Crippen LogP contribution in [0.5, 0.6) is 0 Å². The van der Waals surface area contributed by atoms with Gasteiger partial charge in [0.25, 0.3) is 0 Å². The number of nitrogens with two attached hydrogens (primary N) is 1. The number of hydrogen-bond donors (Lipinski definition) is 3. The molecule has 0 aliphatic carbocycles. The van der Waals surface area contributed by atoms with Crippen molar-refractivity contribution in [3.8, 4) is 0 Å². The second kappa shape index (κ2) is 8.55. The van der Waals surface area contributed by atoms with Crippen molar-refractivity contribution >= 4 is 5.78 Å². The van der Waals surface area contributed by atoms with E-state index in [0.29, 0.717) is 0 Å². The topological polar surface area (TPSA) is 83.6 Å². The van der Waals surface area contributed by atoms with Crippen LogP contribution in [0.3, 0.4) is 0 Å². The van der Waals surface area contributed by atoms with Gasteiger partial charge in [-0.3, -0.25) is 0 Å². The summed E-state index contributed by atoms with van der Waals surface area (Å²) in [6, 6.07) is -0.454. The lowest BCUT2D eigenvalue weighted by Crippen LogP contribution is -2.27. The molecule has 0 aliphatic heterocycles. The first-order valence-electron chi connectivity index (χ1n) is 2.99. The molecule has 0 atom stereocenters. The summed E-state index contributed by atoms with van der Waals surface area (Å²) in [5.41, 5.74) is 4.97. The number of carbonyl (C=O) groups excluding carboxylic acids is 1. The van der Waals surface area contributed by atoms with Gasteiger partial charge >= 0.3 is 0 Å². The summed E-state index contributed by atoms with van der Waals surface area (Å²) in [6.07, 6.45) is 0. The molecule has 0 unspecified atom stereocenters. The third kappa shape index (κ3) is 25.7. The van der Waals surface area contributed by atoms with Gasteiger partial charge in [-0.05, 0) is 13.8 Å². The van der Waals surface area contributed by atoms with Crippen molar-refractivity contribution in [3.63, 3.8) is 0 Å². The molecule has 0 saturated heterocycles. The van der Waals surface area contributed by atoms with E-state index in [2.05, 4.69) is 0 Å². The molecule has 4 N–H and O–H groups in total. The summed E-state index contributed by atoms with van der Waals surface area (Å²) < 4.78 is 0. The smallest absolute Gasteiger partial charge is 0.126 e. The van der Waals surface area contributed by atoms with Gasteiger partial charge in [0.1, 0.15) is 5.78 Å². The van der Waals surface area contributed by atoms with Crippen molar-refractivity contribution in [2.24, 2.45) is 5.73 Å². The van der Waals surface area contributed by atoms with Crippen molar-refractivity contribution < 1.29 is 15.0 Å². The second-order valence-electron chi connectivity index (χ2n) is 2.03. The Hall–Kier alpha value is -0.450. The Morgan fingerprint density at radius 1 is 1.40 bits per heavy atom. The molecule has 0 fully saturated rings. The van der Waals surface area contributed by atoms with Crippen LogP contribution < -0.4 is 5.73 Å². The summed E-state index contributed by atoms with van der Waals surface area (Å²) >= 11 is 0. The average molecular weight is 149 g/mol. The minimum absolute atomic E-state index is 0.142. The Bertz CT molecular complexity index is 77.1. The van der Waals surface area contributed by atoms with Gasteiger partial charge in [-0.15, -0.1) is 0 Å². The lowest BCUT2D eigenvalue weighted by atomic mass is 10.4. The lowest BCUT2D eigenvalue weighted by Gasteiger charge is -1.98. The molecule has 4 heteroatoms. The molecule has 0 amide bonds. The molecule has 10 heavy (non-hydrogen) atoms. The Morgan fingerprint density at radius 3 is 1.60 bits per heavy atom. The first-order chi connectivity index (χ1) is 4.54. The van der Waals surface area contributed by atoms with Crippen LogP contribution in [0.25, 0.3) is 0 Å². The molecule has 0 bridgehead atoms. The fourth-order valence-electron chi connectivity index (χ4n) is 0.0577. The summed E-state index contributed by atoms with van der Waals surface area (Å²) in [5, 5.41) is 16.1. The molecule has 0 aromatic heterocycles. The predicted octanol–water partition coefficient (Wildman–Crippen LogP) is -1.11. The third-order valence-electron chi connectivity index (χ3n) is 0.469. The van der Waals surface area contributed by atoms with E-state index in [1.807, 2.05) is 0 Å². The normalized spacial score (nSPS) is 8.60. The lowest BCUT2D eigenvalue weighted by molar-refractivity contribution is -0.114. The fraction of sp³-hybridized carbons (Fsp3) is 0.833. The van der Waals surface area contributed by atoms with Crippen LogP contribution in [0.4, 0.5) is 0 Å². The number of ketones is 1. The zero-order valence-corrected chi connectivity index (χ0v) is 6.37. The molecular formula is C6H15NO3. The van der Waals surface area contributed by atoms with E-state index < -0.39 is 6.04 Å². The molecule has 4 nitrogen and oxygen atoms in total. The van der Waals surface area contributed by atoms with Crippen molar-refractivity contribution in [1.82, 2.24) is 0 Å². The van der Waals surface area contributed by atoms with E-state index in [0.717, 1.165) is 0 Å². The number of carbonyl (C=O) groups is 1. The third-order valence-corrected chi connectivity index (χ3v) is 0.469. The fourth-order valence-corrected chi connectivity index (χ4v) is 0.0577. The van der Waals surface area contributed by atoms with Gasteiger partial charge in [-0.25, -0.2) is 0 Å². The van der Waals surface area contributed by atoms with Crippen LogP contribution in [0.15, 0.2) is 0 Å². The number of Topliss-reactive ketones (excluding diaryl/α,β-unsaturated/α-hetero) is 1. The summed E-state index contributed by atoms with van der Waals surface area (Å²) in [4.78, 5) is 9.44. The van der Waals surface area contributed by atoms with Crippen molar-refractivity contribution in [1.29, 1.82) is 0 Å². The molecule has 0 rings (SSSR count). The summed E-state index contributed by atoms with van der Waals surface area (Å²) in [7, 11) is 0. The van der Waals surface area contributed by atoms with Crippen LogP contribution in [-0.2, 0) is 4.79 Å². The van der Waals surface area contributed by atoms with E-state index in [-0.39, 0.29) is 19.0 Å². The van der Waals surface area contributed by atoms with Crippen molar-refractivity contribution in [2.45, 2.75) is 19.9 Å². The maximum Gasteiger partial charge on any atom is 0.126 e. The van der Waals surface area contributed by atoms with Gasteiger partial charge in [-0.1, -0.05) is 0 Å². The van der Waals surface area contributed by atoms with E-state index >= 15 is 0 Å². The summed E-state index contributed by atoms with van der Waals surface area (Å²) in [6.45, 7) is 2.77. The highest BCUT2D eigenvalue weighted by Crippen LogP contribution is 1.66. The van der Waals surface area contributed by atoms with Gasteiger partial charge in [0.15, 0.2) is 0 Å². The van der Waals surface area contributed by atoms with Crippen molar-refractivity contribution in [2.75, 3.05) is 13.2 Å². The van der Waals surface area contributed by atoms with E-state index in [1.54, 1.807) is 0 Å². The van der Waals surface area contributed by atoms with Crippen LogP contribution in [0.2, 0.25) is 0 Å². The number of rotatable bonds is 2. The number of aliphatic hydroxyl groups excluding tert-OH is 2.